The van der Waals surface area contributed by atoms with Gasteiger partial charge in [-0.05, 0) is 38.5 Å². The zero-order valence-electron chi connectivity index (χ0n) is 18.0. The summed E-state index contributed by atoms with van der Waals surface area (Å²) in [6.07, 6.45) is -4.74. The number of benzene rings is 2. The summed E-state index contributed by atoms with van der Waals surface area (Å²) in [7, 11) is 0. The van der Waals surface area contributed by atoms with E-state index in [1.807, 2.05) is 51.1 Å². The Morgan fingerprint density at radius 1 is 1.00 bits per heavy atom. The molecule has 6 nitrogen and oxygen atoms in total. The van der Waals surface area contributed by atoms with E-state index in [4.69, 9.17) is 4.74 Å². The number of imidazole rings is 1. The minimum absolute atomic E-state index is 0.116. The lowest BCUT2D eigenvalue weighted by Gasteiger charge is -2.35. The number of ether oxygens (including phenoxy) is 1. The summed E-state index contributed by atoms with van der Waals surface area (Å²) in [6.45, 7) is 4.58. The standard InChI is InChI=1S/C23H24F3N3O3/c1-22(2,3)29(13-16-9-5-4-6-10-16)19(30)15-32-20(31)14-28-18-12-8-7-11-17(18)27-21(28)23(24,25)26/h4-12H,13-15H2,1-3H3. The Balaban J connectivity index is 1.72. The average Bonchev–Trinajstić information content (AvgIpc) is 3.09. The predicted octanol–water partition coefficient (Wildman–Crippen LogP) is 4.43. The van der Waals surface area contributed by atoms with Gasteiger partial charge in [0, 0.05) is 12.1 Å². The summed E-state index contributed by atoms with van der Waals surface area (Å²) in [5, 5.41) is 0. The number of nitrogens with zero attached hydrogens (tertiary/aromatic N) is 3. The smallest absolute Gasteiger partial charge is 0.449 e. The Morgan fingerprint density at radius 3 is 2.25 bits per heavy atom. The number of hydrogen-bond donors (Lipinski definition) is 0. The summed E-state index contributed by atoms with van der Waals surface area (Å²) in [4.78, 5) is 30.3. The number of carbonyl (C=O) groups is 2. The van der Waals surface area contributed by atoms with Gasteiger partial charge in [-0.3, -0.25) is 9.59 Å². The van der Waals surface area contributed by atoms with Crippen LogP contribution in [0.5, 0.6) is 0 Å². The van der Waals surface area contributed by atoms with E-state index in [1.165, 1.54) is 12.1 Å². The molecule has 0 aliphatic heterocycles. The van der Waals surface area contributed by atoms with Crippen molar-refractivity contribution < 1.29 is 27.5 Å². The molecular formula is C23H24F3N3O3. The van der Waals surface area contributed by atoms with Gasteiger partial charge in [-0.15, -0.1) is 0 Å². The van der Waals surface area contributed by atoms with Crippen LogP contribution in [0.3, 0.4) is 0 Å². The van der Waals surface area contributed by atoms with Gasteiger partial charge in [0.05, 0.1) is 11.0 Å². The molecule has 0 spiro atoms. The molecule has 0 atom stereocenters. The first-order chi connectivity index (χ1) is 15.0. The molecule has 3 rings (SSSR count). The molecule has 2 aromatic carbocycles. The summed E-state index contributed by atoms with van der Waals surface area (Å²) in [5.74, 6) is -2.59. The monoisotopic (exact) mass is 447 g/mol. The van der Waals surface area contributed by atoms with Crippen molar-refractivity contribution in [2.45, 2.75) is 45.6 Å². The number of carbonyl (C=O) groups excluding carboxylic acids is 2. The number of rotatable bonds is 6. The highest BCUT2D eigenvalue weighted by molar-refractivity contribution is 5.82. The lowest BCUT2D eigenvalue weighted by molar-refractivity contribution is -0.157. The van der Waals surface area contributed by atoms with Crippen molar-refractivity contribution in [2.75, 3.05) is 6.61 Å². The number of hydrogen-bond acceptors (Lipinski definition) is 4. The van der Waals surface area contributed by atoms with Gasteiger partial charge in [0.1, 0.15) is 6.54 Å². The second-order valence-corrected chi connectivity index (χ2v) is 8.31. The fourth-order valence-corrected chi connectivity index (χ4v) is 3.31. The highest BCUT2D eigenvalue weighted by Crippen LogP contribution is 2.31. The SMILES string of the molecule is CC(C)(C)N(Cc1ccccc1)C(=O)COC(=O)Cn1c(C(F)(F)F)nc2ccccc21. The fourth-order valence-electron chi connectivity index (χ4n) is 3.31. The van der Waals surface area contributed by atoms with Crippen molar-refractivity contribution in [2.24, 2.45) is 0 Å². The molecule has 0 fully saturated rings. The van der Waals surface area contributed by atoms with E-state index < -0.39 is 42.6 Å². The van der Waals surface area contributed by atoms with Crippen LogP contribution in [0.4, 0.5) is 13.2 Å². The molecule has 1 amide bonds. The summed E-state index contributed by atoms with van der Waals surface area (Å²) in [5.41, 5.74) is 0.624. The molecule has 0 saturated heterocycles. The highest BCUT2D eigenvalue weighted by atomic mass is 19.4. The van der Waals surface area contributed by atoms with Crippen LogP contribution < -0.4 is 0 Å². The Morgan fingerprint density at radius 2 is 1.62 bits per heavy atom. The van der Waals surface area contributed by atoms with Gasteiger partial charge in [-0.2, -0.15) is 13.2 Å². The number of amides is 1. The predicted molar refractivity (Wildman–Crippen MR) is 112 cm³/mol. The molecule has 32 heavy (non-hydrogen) atoms. The minimum Gasteiger partial charge on any atom is -0.454 e. The molecule has 3 aromatic rings. The van der Waals surface area contributed by atoms with Gasteiger partial charge in [-0.1, -0.05) is 42.5 Å². The molecule has 1 aromatic heterocycles. The maximum Gasteiger partial charge on any atom is 0.449 e. The molecule has 1 heterocycles. The van der Waals surface area contributed by atoms with Gasteiger partial charge in [-0.25, -0.2) is 4.98 Å². The minimum atomic E-state index is -4.74. The zero-order valence-corrected chi connectivity index (χ0v) is 18.0. The van der Waals surface area contributed by atoms with Crippen LogP contribution in [-0.2, 0) is 33.6 Å². The first-order valence-electron chi connectivity index (χ1n) is 9.99. The van der Waals surface area contributed by atoms with Crippen LogP contribution in [-0.4, -0.2) is 38.5 Å². The molecule has 170 valence electrons. The van der Waals surface area contributed by atoms with E-state index in [-0.39, 0.29) is 11.0 Å². The van der Waals surface area contributed by atoms with Crippen LogP contribution in [0.25, 0.3) is 11.0 Å². The third kappa shape index (κ3) is 5.46. The largest absolute Gasteiger partial charge is 0.454 e. The highest BCUT2D eigenvalue weighted by Gasteiger charge is 2.38. The van der Waals surface area contributed by atoms with Crippen molar-refractivity contribution in [3.63, 3.8) is 0 Å². The number of aromatic nitrogens is 2. The maximum atomic E-state index is 13.4. The van der Waals surface area contributed by atoms with Crippen LogP contribution >= 0.6 is 0 Å². The first kappa shape index (κ1) is 23.3. The van der Waals surface area contributed by atoms with E-state index >= 15 is 0 Å². The van der Waals surface area contributed by atoms with E-state index in [9.17, 15) is 22.8 Å². The fraction of sp³-hybridized carbons (Fsp3) is 0.348. The number of para-hydroxylation sites is 2. The quantitative estimate of drug-likeness (QED) is 0.525. The van der Waals surface area contributed by atoms with E-state index in [1.54, 1.807) is 17.0 Å². The van der Waals surface area contributed by atoms with Gasteiger partial charge < -0.3 is 14.2 Å². The van der Waals surface area contributed by atoms with Crippen molar-refractivity contribution in [3.8, 4) is 0 Å². The van der Waals surface area contributed by atoms with Crippen LogP contribution in [0.1, 0.15) is 32.2 Å². The molecule has 0 N–H and O–H groups in total. The van der Waals surface area contributed by atoms with E-state index in [0.717, 1.165) is 10.1 Å². The molecular weight excluding hydrogens is 423 g/mol. The van der Waals surface area contributed by atoms with E-state index in [2.05, 4.69) is 4.98 Å². The summed E-state index contributed by atoms with van der Waals surface area (Å²) >= 11 is 0. The molecule has 0 aliphatic carbocycles. The second kappa shape index (κ2) is 9.02. The molecule has 0 unspecified atom stereocenters. The van der Waals surface area contributed by atoms with Crippen molar-refractivity contribution in [1.29, 1.82) is 0 Å². The summed E-state index contributed by atoms with van der Waals surface area (Å²) in [6, 6.07) is 15.3. The zero-order chi connectivity index (χ0) is 23.5. The van der Waals surface area contributed by atoms with Crippen molar-refractivity contribution in [3.05, 3.63) is 66.0 Å². The van der Waals surface area contributed by atoms with Gasteiger partial charge in [0.25, 0.3) is 5.91 Å². The van der Waals surface area contributed by atoms with Crippen LogP contribution in [0.2, 0.25) is 0 Å². The van der Waals surface area contributed by atoms with Gasteiger partial charge in [0.2, 0.25) is 5.82 Å². The molecule has 9 heteroatoms. The average molecular weight is 447 g/mol. The van der Waals surface area contributed by atoms with Crippen LogP contribution in [0, 0.1) is 0 Å². The molecule has 0 bridgehead atoms. The number of fused-ring (bicyclic) bond motifs is 1. The second-order valence-electron chi connectivity index (χ2n) is 8.31. The molecule has 0 radical (unpaired) electrons. The summed E-state index contributed by atoms with van der Waals surface area (Å²) < 4.78 is 46.0. The van der Waals surface area contributed by atoms with E-state index in [0.29, 0.717) is 6.54 Å². The lowest BCUT2D eigenvalue weighted by Crippen LogP contribution is -2.47. The third-order valence-electron chi connectivity index (χ3n) is 4.85. The Bertz CT molecular complexity index is 1100. The Kier molecular flexibility index (Phi) is 6.57. The molecule has 0 saturated carbocycles. The van der Waals surface area contributed by atoms with Crippen molar-refractivity contribution >= 4 is 22.9 Å². The normalized spacial score (nSPS) is 12.1. The van der Waals surface area contributed by atoms with Gasteiger partial charge >= 0.3 is 12.1 Å². The topological polar surface area (TPSA) is 64.4 Å². The lowest BCUT2D eigenvalue weighted by atomic mass is 10.0. The molecule has 0 aliphatic rings. The number of halogens is 3. The Hall–Kier alpha value is -3.36. The first-order valence-corrected chi connectivity index (χ1v) is 9.99. The maximum absolute atomic E-state index is 13.4. The number of esters is 1. The van der Waals surface area contributed by atoms with Crippen molar-refractivity contribution in [1.82, 2.24) is 14.5 Å². The third-order valence-corrected chi connectivity index (χ3v) is 4.85. The Labute approximate surface area is 183 Å². The van der Waals surface area contributed by atoms with Crippen LogP contribution in [0.15, 0.2) is 54.6 Å². The van der Waals surface area contributed by atoms with Gasteiger partial charge in [0.15, 0.2) is 6.61 Å². The number of alkyl halides is 3.